The van der Waals surface area contributed by atoms with Crippen LogP contribution >= 0.6 is 0 Å². The fourth-order valence-electron chi connectivity index (χ4n) is 4.62. The summed E-state index contributed by atoms with van der Waals surface area (Å²) in [5, 5.41) is 0. The normalized spacial score (nSPS) is 26.0. The first-order chi connectivity index (χ1) is 13.0. The van der Waals surface area contributed by atoms with E-state index in [0.29, 0.717) is 29.7 Å². The third kappa shape index (κ3) is 3.47. The van der Waals surface area contributed by atoms with E-state index in [4.69, 9.17) is 4.74 Å². The van der Waals surface area contributed by atoms with Gasteiger partial charge in [-0.15, -0.1) is 0 Å². The monoisotopic (exact) mass is 369 g/mol. The minimum absolute atomic E-state index is 0.0143. The standard InChI is InChI=1S/C22H24FNO3/c1-13-19(22(26)27-16-8-2-3-9-16)20(14-6-4-7-15(23)12-14)21-17(24-13)10-5-11-18(21)25/h4,6-7,12,16,19-20H,2-3,5,8-11H2,1H3. The first-order valence-electron chi connectivity index (χ1n) is 9.82. The molecular weight excluding hydrogens is 345 g/mol. The van der Waals surface area contributed by atoms with Gasteiger partial charge in [0.1, 0.15) is 17.8 Å². The van der Waals surface area contributed by atoms with Crippen LogP contribution in [0, 0.1) is 11.7 Å². The highest BCUT2D eigenvalue weighted by atomic mass is 19.1. The minimum Gasteiger partial charge on any atom is -0.462 e. The molecule has 0 aromatic heterocycles. The molecular formula is C22H24FNO3. The van der Waals surface area contributed by atoms with Crippen molar-refractivity contribution in [3.05, 3.63) is 46.9 Å². The summed E-state index contributed by atoms with van der Waals surface area (Å²) in [6.45, 7) is 1.82. The van der Waals surface area contributed by atoms with E-state index < -0.39 is 11.8 Å². The molecule has 1 heterocycles. The highest BCUT2D eigenvalue weighted by molar-refractivity contribution is 6.08. The maximum Gasteiger partial charge on any atom is 0.315 e. The van der Waals surface area contributed by atoms with Crippen LogP contribution in [0.3, 0.4) is 0 Å². The number of benzene rings is 1. The lowest BCUT2D eigenvalue weighted by molar-refractivity contribution is -0.151. The van der Waals surface area contributed by atoms with E-state index in [-0.39, 0.29) is 23.7 Å². The largest absolute Gasteiger partial charge is 0.462 e. The average Bonchev–Trinajstić information content (AvgIpc) is 3.13. The number of aliphatic imine (C=N–C) groups is 1. The van der Waals surface area contributed by atoms with Gasteiger partial charge in [0.15, 0.2) is 5.78 Å². The molecule has 4 nitrogen and oxygen atoms in total. The average molecular weight is 369 g/mol. The molecule has 0 radical (unpaired) electrons. The van der Waals surface area contributed by atoms with Crippen LogP contribution in [0.5, 0.6) is 0 Å². The van der Waals surface area contributed by atoms with Crippen LogP contribution in [0.25, 0.3) is 0 Å². The molecule has 5 heteroatoms. The molecule has 0 amide bonds. The molecule has 1 aromatic rings. The number of hydrogen-bond donors (Lipinski definition) is 0. The van der Waals surface area contributed by atoms with E-state index in [1.165, 1.54) is 12.1 Å². The maximum absolute atomic E-state index is 13.9. The van der Waals surface area contributed by atoms with Gasteiger partial charge < -0.3 is 4.74 Å². The van der Waals surface area contributed by atoms with Gasteiger partial charge in [0.25, 0.3) is 0 Å². The first kappa shape index (κ1) is 18.1. The highest BCUT2D eigenvalue weighted by Gasteiger charge is 2.43. The van der Waals surface area contributed by atoms with Crippen molar-refractivity contribution in [2.75, 3.05) is 0 Å². The van der Waals surface area contributed by atoms with Gasteiger partial charge in [-0.05, 0) is 63.1 Å². The van der Waals surface area contributed by atoms with Crippen LogP contribution in [0.4, 0.5) is 4.39 Å². The van der Waals surface area contributed by atoms with Crippen LogP contribution in [0.1, 0.15) is 63.4 Å². The zero-order valence-electron chi connectivity index (χ0n) is 15.5. The summed E-state index contributed by atoms with van der Waals surface area (Å²) >= 11 is 0. The number of allylic oxidation sites excluding steroid dienone is 2. The molecule has 1 fully saturated rings. The van der Waals surface area contributed by atoms with Crippen LogP contribution in [-0.2, 0) is 14.3 Å². The van der Waals surface area contributed by atoms with E-state index in [9.17, 15) is 14.0 Å². The van der Waals surface area contributed by atoms with Crippen molar-refractivity contribution in [1.82, 2.24) is 0 Å². The van der Waals surface area contributed by atoms with Crippen molar-refractivity contribution in [3.63, 3.8) is 0 Å². The van der Waals surface area contributed by atoms with Gasteiger partial charge in [0.2, 0.25) is 0 Å². The number of carbonyl (C=O) groups excluding carboxylic acids is 2. The fraction of sp³-hybridized carbons (Fsp3) is 0.500. The number of rotatable bonds is 3. The molecule has 0 saturated heterocycles. The van der Waals surface area contributed by atoms with E-state index in [0.717, 1.165) is 37.8 Å². The number of Topliss-reactive ketones (excluding diaryl/α,β-unsaturated/α-hetero) is 1. The number of esters is 1. The van der Waals surface area contributed by atoms with Gasteiger partial charge in [0, 0.05) is 29.3 Å². The number of ketones is 1. The first-order valence-corrected chi connectivity index (χ1v) is 9.82. The second-order valence-electron chi connectivity index (χ2n) is 7.74. The Morgan fingerprint density at radius 1 is 1.19 bits per heavy atom. The molecule has 1 saturated carbocycles. The predicted molar refractivity (Wildman–Crippen MR) is 100.0 cm³/mol. The predicted octanol–water partition coefficient (Wildman–Crippen LogP) is 4.49. The lowest BCUT2D eigenvalue weighted by Gasteiger charge is -2.35. The lowest BCUT2D eigenvalue weighted by Crippen LogP contribution is -2.38. The maximum atomic E-state index is 13.9. The van der Waals surface area contributed by atoms with Crippen molar-refractivity contribution in [3.8, 4) is 0 Å². The summed E-state index contributed by atoms with van der Waals surface area (Å²) in [4.78, 5) is 30.4. The topological polar surface area (TPSA) is 55.7 Å². The van der Waals surface area contributed by atoms with Gasteiger partial charge in [-0.3, -0.25) is 14.6 Å². The number of hydrogen-bond acceptors (Lipinski definition) is 4. The number of halogens is 1. The van der Waals surface area contributed by atoms with Crippen molar-refractivity contribution in [2.45, 2.75) is 63.9 Å². The zero-order valence-corrected chi connectivity index (χ0v) is 15.5. The van der Waals surface area contributed by atoms with Crippen molar-refractivity contribution < 1.29 is 18.7 Å². The Hall–Kier alpha value is -2.30. The summed E-state index contributed by atoms with van der Waals surface area (Å²) in [5.74, 6) is -1.90. The third-order valence-corrected chi connectivity index (χ3v) is 5.88. The van der Waals surface area contributed by atoms with Crippen molar-refractivity contribution in [1.29, 1.82) is 0 Å². The molecule has 2 aliphatic carbocycles. The fourth-order valence-corrected chi connectivity index (χ4v) is 4.62. The minimum atomic E-state index is -0.673. The van der Waals surface area contributed by atoms with Gasteiger partial charge in [-0.1, -0.05) is 12.1 Å². The SMILES string of the molecule is CC1=NC2=C(C(=O)CCC2)C(c2cccc(F)c2)C1C(=O)OC1CCCC1. The van der Waals surface area contributed by atoms with E-state index >= 15 is 0 Å². The van der Waals surface area contributed by atoms with E-state index in [1.807, 2.05) is 6.92 Å². The zero-order chi connectivity index (χ0) is 19.0. The van der Waals surface area contributed by atoms with E-state index in [2.05, 4.69) is 4.99 Å². The molecule has 0 N–H and O–H groups in total. The summed E-state index contributed by atoms with van der Waals surface area (Å²) in [7, 11) is 0. The molecule has 2 unspecified atom stereocenters. The number of ether oxygens (including phenoxy) is 1. The molecule has 1 aliphatic heterocycles. The van der Waals surface area contributed by atoms with Gasteiger partial charge in [-0.2, -0.15) is 0 Å². The van der Waals surface area contributed by atoms with Crippen LogP contribution in [0.2, 0.25) is 0 Å². The van der Waals surface area contributed by atoms with Crippen molar-refractivity contribution >= 4 is 17.5 Å². The Kier molecular flexibility index (Phi) is 4.94. The Labute approximate surface area is 158 Å². The number of nitrogens with zero attached hydrogens (tertiary/aromatic N) is 1. The summed E-state index contributed by atoms with van der Waals surface area (Å²) < 4.78 is 19.7. The Morgan fingerprint density at radius 3 is 2.70 bits per heavy atom. The Bertz CT molecular complexity index is 836. The molecule has 2 atom stereocenters. The van der Waals surface area contributed by atoms with Crippen LogP contribution < -0.4 is 0 Å². The second-order valence-corrected chi connectivity index (χ2v) is 7.74. The number of carbonyl (C=O) groups is 2. The molecule has 142 valence electrons. The molecule has 0 bridgehead atoms. The Morgan fingerprint density at radius 2 is 1.96 bits per heavy atom. The summed E-state index contributed by atoms with van der Waals surface area (Å²) in [5.41, 5.74) is 2.62. The smallest absolute Gasteiger partial charge is 0.315 e. The highest BCUT2D eigenvalue weighted by Crippen LogP contribution is 2.44. The van der Waals surface area contributed by atoms with Gasteiger partial charge in [-0.25, -0.2) is 4.39 Å². The van der Waals surface area contributed by atoms with Gasteiger partial charge in [0.05, 0.1) is 0 Å². The molecule has 1 aromatic carbocycles. The summed E-state index contributed by atoms with van der Waals surface area (Å²) in [6, 6.07) is 6.20. The van der Waals surface area contributed by atoms with Crippen molar-refractivity contribution in [2.24, 2.45) is 10.9 Å². The molecule has 27 heavy (non-hydrogen) atoms. The van der Waals surface area contributed by atoms with E-state index in [1.54, 1.807) is 12.1 Å². The second kappa shape index (κ2) is 7.37. The van der Waals surface area contributed by atoms with Crippen LogP contribution in [0.15, 0.2) is 40.5 Å². The summed E-state index contributed by atoms with van der Waals surface area (Å²) in [6.07, 6.45) is 5.77. The molecule has 0 spiro atoms. The molecule has 3 aliphatic rings. The quantitative estimate of drug-likeness (QED) is 0.738. The van der Waals surface area contributed by atoms with Gasteiger partial charge >= 0.3 is 5.97 Å². The van der Waals surface area contributed by atoms with Crippen LogP contribution in [-0.4, -0.2) is 23.6 Å². The molecule has 4 rings (SSSR count). The Balaban J connectivity index is 1.76. The third-order valence-electron chi connectivity index (χ3n) is 5.88. The lowest BCUT2D eigenvalue weighted by atomic mass is 9.72.